The van der Waals surface area contributed by atoms with Crippen LogP contribution >= 0.6 is 0 Å². The first kappa shape index (κ1) is 13.9. The summed E-state index contributed by atoms with van der Waals surface area (Å²) in [5.74, 6) is 1.58. The standard InChI is InChI=1S/C15H22N2O2/c1-2-19-14-6-4-13(5-7-14)17-15(18)8-3-12-9-10-16-11-12/h4-7,12,16H,2-3,8-11H2,1H3,(H,17,18). The third-order valence-electron chi connectivity index (χ3n) is 3.39. The van der Waals surface area contributed by atoms with E-state index < -0.39 is 0 Å². The van der Waals surface area contributed by atoms with E-state index in [0.29, 0.717) is 18.9 Å². The summed E-state index contributed by atoms with van der Waals surface area (Å²) < 4.78 is 5.36. The van der Waals surface area contributed by atoms with Crippen molar-refractivity contribution in [3.8, 4) is 5.75 Å². The molecule has 2 N–H and O–H groups in total. The number of hydrogen-bond donors (Lipinski definition) is 2. The molecule has 1 saturated heterocycles. The van der Waals surface area contributed by atoms with Gasteiger partial charge in [-0.2, -0.15) is 0 Å². The van der Waals surface area contributed by atoms with Crippen molar-refractivity contribution >= 4 is 11.6 Å². The van der Waals surface area contributed by atoms with Crippen molar-refractivity contribution in [2.24, 2.45) is 5.92 Å². The van der Waals surface area contributed by atoms with Crippen LogP contribution in [0.25, 0.3) is 0 Å². The smallest absolute Gasteiger partial charge is 0.224 e. The van der Waals surface area contributed by atoms with Crippen LogP contribution in [0.3, 0.4) is 0 Å². The second-order valence-electron chi connectivity index (χ2n) is 4.90. The van der Waals surface area contributed by atoms with Crippen molar-refractivity contribution < 1.29 is 9.53 Å². The van der Waals surface area contributed by atoms with Gasteiger partial charge in [-0.25, -0.2) is 0 Å². The number of rotatable bonds is 6. The Morgan fingerprint density at radius 1 is 1.42 bits per heavy atom. The number of carbonyl (C=O) groups excluding carboxylic acids is 1. The molecule has 2 rings (SSSR count). The van der Waals surface area contributed by atoms with Crippen LogP contribution in [0, 0.1) is 5.92 Å². The summed E-state index contributed by atoms with van der Waals surface area (Å²) in [5, 5.41) is 6.24. The number of amides is 1. The SMILES string of the molecule is CCOc1ccc(NC(=O)CCC2CCNC2)cc1. The quantitative estimate of drug-likeness (QED) is 0.827. The molecule has 1 amide bonds. The largest absolute Gasteiger partial charge is 0.494 e. The molecular formula is C15H22N2O2. The molecule has 0 radical (unpaired) electrons. The molecule has 1 aromatic rings. The summed E-state index contributed by atoms with van der Waals surface area (Å²) in [7, 11) is 0. The molecule has 104 valence electrons. The molecule has 0 saturated carbocycles. The summed E-state index contributed by atoms with van der Waals surface area (Å²) in [6.07, 6.45) is 2.76. The molecule has 1 aromatic carbocycles. The van der Waals surface area contributed by atoms with E-state index >= 15 is 0 Å². The maximum Gasteiger partial charge on any atom is 0.224 e. The third-order valence-corrected chi connectivity index (χ3v) is 3.39. The third kappa shape index (κ3) is 4.56. The van der Waals surface area contributed by atoms with Gasteiger partial charge in [0, 0.05) is 12.1 Å². The average molecular weight is 262 g/mol. The number of ether oxygens (including phenoxy) is 1. The highest BCUT2D eigenvalue weighted by Gasteiger charge is 2.15. The minimum absolute atomic E-state index is 0.0936. The van der Waals surface area contributed by atoms with Crippen LogP contribution < -0.4 is 15.4 Å². The van der Waals surface area contributed by atoms with Crippen LogP contribution in [0.2, 0.25) is 0 Å². The predicted octanol–water partition coefficient (Wildman–Crippen LogP) is 2.41. The molecule has 1 heterocycles. The lowest BCUT2D eigenvalue weighted by atomic mass is 10.0. The Hall–Kier alpha value is -1.55. The van der Waals surface area contributed by atoms with E-state index in [9.17, 15) is 4.79 Å². The minimum Gasteiger partial charge on any atom is -0.494 e. The van der Waals surface area contributed by atoms with E-state index in [4.69, 9.17) is 4.74 Å². The number of nitrogens with one attached hydrogen (secondary N) is 2. The highest BCUT2D eigenvalue weighted by molar-refractivity contribution is 5.90. The van der Waals surface area contributed by atoms with Crippen LogP contribution in [-0.4, -0.2) is 25.6 Å². The normalized spacial score (nSPS) is 18.3. The zero-order valence-electron chi connectivity index (χ0n) is 11.4. The van der Waals surface area contributed by atoms with Gasteiger partial charge in [-0.05, 0) is 63.0 Å². The Balaban J connectivity index is 1.74. The van der Waals surface area contributed by atoms with E-state index in [1.54, 1.807) is 0 Å². The van der Waals surface area contributed by atoms with Gasteiger partial charge < -0.3 is 15.4 Å². The average Bonchev–Trinajstić information content (AvgIpc) is 2.92. The topological polar surface area (TPSA) is 50.4 Å². The molecule has 4 nitrogen and oxygen atoms in total. The highest BCUT2D eigenvalue weighted by Crippen LogP contribution is 2.17. The Morgan fingerprint density at radius 2 is 2.21 bits per heavy atom. The summed E-state index contributed by atoms with van der Waals surface area (Å²) in [6.45, 7) is 4.75. The second-order valence-corrected chi connectivity index (χ2v) is 4.90. The Kier molecular flexibility index (Phi) is 5.21. The van der Waals surface area contributed by atoms with E-state index in [-0.39, 0.29) is 5.91 Å². The van der Waals surface area contributed by atoms with E-state index in [2.05, 4.69) is 10.6 Å². The van der Waals surface area contributed by atoms with Gasteiger partial charge >= 0.3 is 0 Å². The van der Waals surface area contributed by atoms with Crippen molar-refractivity contribution in [1.29, 1.82) is 0 Å². The van der Waals surface area contributed by atoms with Gasteiger partial charge in [-0.15, -0.1) is 0 Å². The fourth-order valence-electron chi connectivity index (χ4n) is 2.32. The predicted molar refractivity (Wildman–Crippen MR) is 76.5 cm³/mol. The molecule has 1 atom stereocenters. The van der Waals surface area contributed by atoms with Crippen molar-refractivity contribution in [3.63, 3.8) is 0 Å². The van der Waals surface area contributed by atoms with Gasteiger partial charge in [0.15, 0.2) is 0 Å². The highest BCUT2D eigenvalue weighted by atomic mass is 16.5. The summed E-state index contributed by atoms with van der Waals surface area (Å²) in [4.78, 5) is 11.8. The monoisotopic (exact) mass is 262 g/mol. The minimum atomic E-state index is 0.0936. The molecule has 4 heteroatoms. The summed E-state index contributed by atoms with van der Waals surface area (Å²) >= 11 is 0. The maximum absolute atomic E-state index is 11.8. The molecule has 0 aliphatic carbocycles. The van der Waals surface area contributed by atoms with E-state index in [0.717, 1.165) is 30.9 Å². The Bertz CT molecular complexity index is 397. The molecule has 1 aliphatic heterocycles. The lowest BCUT2D eigenvalue weighted by Gasteiger charge is -2.09. The van der Waals surface area contributed by atoms with Crippen LogP contribution in [0.15, 0.2) is 24.3 Å². The summed E-state index contributed by atoms with van der Waals surface area (Å²) in [6, 6.07) is 7.50. The number of benzene rings is 1. The number of carbonyl (C=O) groups is 1. The van der Waals surface area contributed by atoms with Gasteiger partial charge in [0.2, 0.25) is 5.91 Å². The molecule has 0 bridgehead atoms. The zero-order chi connectivity index (χ0) is 13.5. The van der Waals surface area contributed by atoms with Crippen molar-refractivity contribution in [2.75, 3.05) is 25.0 Å². The zero-order valence-corrected chi connectivity index (χ0v) is 11.4. The molecule has 1 fully saturated rings. The summed E-state index contributed by atoms with van der Waals surface area (Å²) in [5.41, 5.74) is 0.831. The van der Waals surface area contributed by atoms with Crippen LogP contribution in [0.5, 0.6) is 5.75 Å². The Morgan fingerprint density at radius 3 is 2.84 bits per heavy atom. The number of hydrogen-bond acceptors (Lipinski definition) is 3. The Labute approximate surface area is 114 Å². The first-order chi connectivity index (χ1) is 9.28. The van der Waals surface area contributed by atoms with Crippen LogP contribution in [-0.2, 0) is 4.79 Å². The van der Waals surface area contributed by atoms with Crippen molar-refractivity contribution in [1.82, 2.24) is 5.32 Å². The maximum atomic E-state index is 11.8. The fraction of sp³-hybridized carbons (Fsp3) is 0.533. The molecule has 19 heavy (non-hydrogen) atoms. The van der Waals surface area contributed by atoms with Crippen LogP contribution in [0.4, 0.5) is 5.69 Å². The second kappa shape index (κ2) is 7.14. The van der Waals surface area contributed by atoms with Gasteiger partial charge in [-0.3, -0.25) is 4.79 Å². The molecule has 0 aromatic heterocycles. The van der Waals surface area contributed by atoms with Crippen molar-refractivity contribution in [2.45, 2.75) is 26.2 Å². The first-order valence-corrected chi connectivity index (χ1v) is 7.01. The van der Waals surface area contributed by atoms with Gasteiger partial charge in [0.25, 0.3) is 0 Å². The molecule has 1 unspecified atom stereocenters. The van der Waals surface area contributed by atoms with Crippen molar-refractivity contribution in [3.05, 3.63) is 24.3 Å². The van der Waals surface area contributed by atoms with Crippen LogP contribution in [0.1, 0.15) is 26.2 Å². The van der Waals surface area contributed by atoms with Gasteiger partial charge in [-0.1, -0.05) is 0 Å². The molecular weight excluding hydrogens is 240 g/mol. The lowest BCUT2D eigenvalue weighted by Crippen LogP contribution is -2.14. The van der Waals surface area contributed by atoms with E-state index in [1.165, 1.54) is 6.42 Å². The number of anilines is 1. The van der Waals surface area contributed by atoms with E-state index in [1.807, 2.05) is 31.2 Å². The first-order valence-electron chi connectivity index (χ1n) is 7.01. The molecule has 0 spiro atoms. The van der Waals surface area contributed by atoms with Gasteiger partial charge in [0.1, 0.15) is 5.75 Å². The molecule has 1 aliphatic rings. The fourth-order valence-corrected chi connectivity index (χ4v) is 2.32. The van der Waals surface area contributed by atoms with Gasteiger partial charge in [0.05, 0.1) is 6.61 Å². The lowest BCUT2D eigenvalue weighted by molar-refractivity contribution is -0.116.